The number of hydrazone groups is 1. The lowest BCUT2D eigenvalue weighted by molar-refractivity contribution is -0.385. The molecule has 0 radical (unpaired) electrons. The Hall–Kier alpha value is -2.73. The van der Waals surface area contributed by atoms with Gasteiger partial charge in [-0.1, -0.05) is 70.7 Å². The first-order valence-electron chi connectivity index (χ1n) is 9.07. The number of halogens is 1. The van der Waals surface area contributed by atoms with Crippen molar-refractivity contribution in [3.63, 3.8) is 0 Å². The van der Waals surface area contributed by atoms with Gasteiger partial charge in [0.1, 0.15) is 0 Å². The molecule has 0 fully saturated rings. The summed E-state index contributed by atoms with van der Waals surface area (Å²) in [6.07, 6.45) is 4.42. The number of nitrogens with one attached hydrogen (secondary N) is 1. The van der Waals surface area contributed by atoms with E-state index in [1.54, 1.807) is 36.0 Å². The molecular formula is C20H16ClN5O3S3. The number of hydrogen-bond acceptors (Lipinski definition) is 9. The molecule has 0 aliphatic heterocycles. The number of hydrogen-bond donors (Lipinski definition) is 1. The van der Waals surface area contributed by atoms with Gasteiger partial charge in [-0.2, -0.15) is 5.10 Å². The minimum Gasteiger partial charge on any atom is -0.272 e. The molecule has 164 valence electrons. The van der Waals surface area contributed by atoms with Crippen LogP contribution >= 0.6 is 46.5 Å². The van der Waals surface area contributed by atoms with Crippen molar-refractivity contribution in [2.45, 2.75) is 14.4 Å². The van der Waals surface area contributed by atoms with Gasteiger partial charge in [-0.05, 0) is 35.9 Å². The van der Waals surface area contributed by atoms with Crippen molar-refractivity contribution in [1.82, 2.24) is 15.6 Å². The van der Waals surface area contributed by atoms with E-state index in [0.717, 1.165) is 15.7 Å². The highest BCUT2D eigenvalue weighted by atomic mass is 35.5. The highest BCUT2D eigenvalue weighted by molar-refractivity contribution is 8.03. The molecule has 0 saturated heterocycles. The van der Waals surface area contributed by atoms with Gasteiger partial charge in [-0.25, -0.2) is 5.43 Å². The summed E-state index contributed by atoms with van der Waals surface area (Å²) < 4.78 is 1.51. The van der Waals surface area contributed by atoms with Crippen LogP contribution in [-0.2, 0) is 10.5 Å². The minimum atomic E-state index is -0.453. The van der Waals surface area contributed by atoms with Crippen molar-refractivity contribution >= 4 is 70.3 Å². The normalized spacial score (nSPS) is 11.3. The second kappa shape index (κ2) is 12.3. The van der Waals surface area contributed by atoms with E-state index in [4.69, 9.17) is 11.6 Å². The lowest BCUT2D eigenvalue weighted by Crippen LogP contribution is -2.19. The molecule has 2 aromatic carbocycles. The third-order valence-corrected chi connectivity index (χ3v) is 7.26. The summed E-state index contributed by atoms with van der Waals surface area (Å²) in [5.41, 5.74) is 3.99. The molecule has 0 spiro atoms. The van der Waals surface area contributed by atoms with Crippen LogP contribution in [0.15, 0.2) is 68.4 Å². The number of carbonyl (C=O) groups is 1. The zero-order chi connectivity index (χ0) is 22.8. The molecule has 0 aliphatic rings. The molecular weight excluding hydrogens is 490 g/mol. The van der Waals surface area contributed by atoms with Crippen LogP contribution in [0.3, 0.4) is 0 Å². The summed E-state index contributed by atoms with van der Waals surface area (Å²) in [7, 11) is 0. The number of rotatable bonds is 10. The van der Waals surface area contributed by atoms with Gasteiger partial charge in [0, 0.05) is 23.1 Å². The van der Waals surface area contributed by atoms with E-state index in [-0.39, 0.29) is 17.3 Å². The Morgan fingerprint density at radius 2 is 1.88 bits per heavy atom. The molecule has 1 N–H and O–H groups in total. The molecule has 8 nitrogen and oxygen atoms in total. The first kappa shape index (κ1) is 23.9. The third kappa shape index (κ3) is 7.75. The summed E-state index contributed by atoms with van der Waals surface area (Å²) in [5.74, 6) is 0.600. The molecule has 1 heterocycles. The van der Waals surface area contributed by atoms with Gasteiger partial charge in [0.25, 0.3) is 11.6 Å². The van der Waals surface area contributed by atoms with Gasteiger partial charge < -0.3 is 0 Å². The van der Waals surface area contributed by atoms with Crippen LogP contribution in [-0.4, -0.2) is 33.0 Å². The van der Waals surface area contributed by atoms with Crippen molar-refractivity contribution in [3.05, 3.63) is 80.9 Å². The van der Waals surface area contributed by atoms with E-state index in [2.05, 4.69) is 20.7 Å². The second-order valence-electron chi connectivity index (χ2n) is 6.03. The van der Waals surface area contributed by atoms with Crippen LogP contribution in [0.5, 0.6) is 0 Å². The van der Waals surface area contributed by atoms with E-state index in [0.29, 0.717) is 14.9 Å². The van der Waals surface area contributed by atoms with Gasteiger partial charge in [-0.3, -0.25) is 14.9 Å². The number of thioether (sulfide) groups is 2. The van der Waals surface area contributed by atoms with Crippen molar-refractivity contribution < 1.29 is 9.72 Å². The average Bonchev–Trinajstić information content (AvgIpc) is 3.25. The molecule has 1 amide bonds. The van der Waals surface area contributed by atoms with Gasteiger partial charge in [0.05, 0.1) is 16.2 Å². The van der Waals surface area contributed by atoms with Gasteiger partial charge >= 0.3 is 0 Å². The van der Waals surface area contributed by atoms with Crippen molar-refractivity contribution in [1.29, 1.82) is 0 Å². The topological polar surface area (TPSA) is 110 Å². The fraction of sp³-hybridized carbons (Fsp3) is 0.100. The molecule has 3 rings (SSSR count). The first-order valence-corrected chi connectivity index (χ1v) is 12.2. The smallest absolute Gasteiger partial charge is 0.272 e. The molecule has 32 heavy (non-hydrogen) atoms. The Balaban J connectivity index is 1.39. The highest BCUT2D eigenvalue weighted by Gasteiger charge is 2.10. The minimum absolute atomic E-state index is 0.000316. The maximum atomic E-state index is 11.9. The highest BCUT2D eigenvalue weighted by Crippen LogP contribution is 2.30. The third-order valence-electron chi connectivity index (χ3n) is 3.75. The molecule has 0 atom stereocenters. The van der Waals surface area contributed by atoms with E-state index in [1.165, 1.54) is 41.5 Å². The van der Waals surface area contributed by atoms with Crippen LogP contribution in [0, 0.1) is 10.1 Å². The molecule has 1 aromatic heterocycles. The largest absolute Gasteiger partial charge is 0.276 e. The lowest BCUT2D eigenvalue weighted by atomic mass is 10.2. The number of nitrogens with zero attached hydrogens (tertiary/aromatic N) is 4. The zero-order valence-electron chi connectivity index (χ0n) is 16.4. The Labute approximate surface area is 201 Å². The molecule has 0 unspecified atom stereocenters. The van der Waals surface area contributed by atoms with Gasteiger partial charge in [0.2, 0.25) is 0 Å². The summed E-state index contributed by atoms with van der Waals surface area (Å²) in [6, 6.07) is 14.0. The molecule has 3 aromatic rings. The van der Waals surface area contributed by atoms with Crippen molar-refractivity contribution in [2.24, 2.45) is 5.10 Å². The number of allylic oxidation sites excluding steroid dienone is 1. The van der Waals surface area contributed by atoms with Crippen LogP contribution in [0.1, 0.15) is 11.1 Å². The average molecular weight is 506 g/mol. The number of para-hydroxylation sites is 1. The summed E-state index contributed by atoms with van der Waals surface area (Å²) in [4.78, 5) is 22.4. The number of amides is 1. The molecule has 0 saturated carbocycles. The summed E-state index contributed by atoms with van der Waals surface area (Å²) in [5, 5.41) is 23.7. The molecule has 0 bridgehead atoms. The van der Waals surface area contributed by atoms with E-state index in [1.807, 2.05) is 24.3 Å². The summed E-state index contributed by atoms with van der Waals surface area (Å²) >= 11 is 10.2. The Morgan fingerprint density at radius 1 is 1.16 bits per heavy atom. The molecule has 0 aliphatic carbocycles. The first-order chi connectivity index (χ1) is 15.5. The lowest BCUT2D eigenvalue weighted by Gasteiger charge is -1.98. The Morgan fingerprint density at radius 3 is 2.62 bits per heavy atom. The SMILES string of the molecule is O=C(CSc1nnc(SCc2ccc(Cl)cc2)s1)N/N=C/C=C/c1ccccc1[N+](=O)[O-]. The maximum Gasteiger partial charge on any atom is 0.276 e. The maximum absolute atomic E-state index is 11.9. The monoisotopic (exact) mass is 505 g/mol. The van der Waals surface area contributed by atoms with E-state index >= 15 is 0 Å². The van der Waals surface area contributed by atoms with Crippen LogP contribution in [0.25, 0.3) is 6.08 Å². The quantitative estimate of drug-likeness (QED) is 0.172. The predicted octanol–water partition coefficient (Wildman–Crippen LogP) is 5.30. The van der Waals surface area contributed by atoms with E-state index in [9.17, 15) is 14.9 Å². The fourth-order valence-electron chi connectivity index (χ4n) is 2.29. The van der Waals surface area contributed by atoms with Crippen molar-refractivity contribution in [2.75, 3.05) is 5.75 Å². The van der Waals surface area contributed by atoms with Crippen LogP contribution in [0.4, 0.5) is 5.69 Å². The number of benzene rings is 2. The standard InChI is InChI=1S/C20H16ClN5O3S3/c21-16-9-7-14(8-10-16)12-30-19-24-25-20(32-19)31-13-18(27)23-22-11-3-5-15-4-1-2-6-17(15)26(28)29/h1-11H,12-13H2,(H,23,27)/b5-3+,22-11+. The van der Waals surface area contributed by atoms with Crippen LogP contribution < -0.4 is 5.43 Å². The summed E-state index contributed by atoms with van der Waals surface area (Å²) in [6.45, 7) is 0. The number of carbonyl (C=O) groups excluding carboxylic acids is 1. The Bertz CT molecular complexity index is 1140. The van der Waals surface area contributed by atoms with Gasteiger partial charge in [0.15, 0.2) is 8.68 Å². The zero-order valence-corrected chi connectivity index (χ0v) is 19.6. The number of nitro groups is 1. The number of nitro benzene ring substituents is 1. The molecule has 12 heteroatoms. The van der Waals surface area contributed by atoms with Gasteiger partial charge in [-0.15, -0.1) is 10.2 Å². The van der Waals surface area contributed by atoms with Crippen molar-refractivity contribution in [3.8, 4) is 0 Å². The Kier molecular flexibility index (Phi) is 9.23. The number of aromatic nitrogens is 2. The predicted molar refractivity (Wildman–Crippen MR) is 130 cm³/mol. The van der Waals surface area contributed by atoms with E-state index < -0.39 is 4.92 Å². The fourth-order valence-corrected chi connectivity index (χ4v) is 5.19. The second-order valence-corrected chi connectivity index (χ2v) is 9.88. The van der Waals surface area contributed by atoms with Crippen LogP contribution in [0.2, 0.25) is 5.02 Å².